The van der Waals surface area contributed by atoms with E-state index in [1.165, 1.54) is 6.07 Å². The number of hydrogen-bond acceptors (Lipinski definition) is 4. The number of carbonyl (C=O) groups excluding carboxylic acids is 2. The van der Waals surface area contributed by atoms with Crippen LogP contribution in [0.4, 0.5) is 11.4 Å². The first-order valence-corrected chi connectivity index (χ1v) is 7.53. The van der Waals surface area contributed by atoms with Crippen LogP contribution in [-0.4, -0.2) is 42.9 Å². The molecule has 3 N–H and O–H groups in total. The monoisotopic (exact) mass is 323 g/mol. The van der Waals surface area contributed by atoms with Gasteiger partial charge in [0.15, 0.2) is 13.1 Å². The van der Waals surface area contributed by atoms with Gasteiger partial charge in [-0.25, -0.2) is 0 Å². The van der Waals surface area contributed by atoms with Crippen LogP contribution in [0.1, 0.15) is 19.4 Å². The van der Waals surface area contributed by atoms with Gasteiger partial charge < -0.3 is 15.5 Å². The summed E-state index contributed by atoms with van der Waals surface area (Å²) in [5, 5.41) is 16.3. The second-order valence-electron chi connectivity index (χ2n) is 5.18. The topological polar surface area (TPSA) is 106 Å². The molecule has 1 aromatic rings. The van der Waals surface area contributed by atoms with E-state index in [0.717, 1.165) is 4.90 Å². The third-order valence-electron chi connectivity index (χ3n) is 3.41. The number of nitrogens with one attached hydrogen (secondary N) is 3. The Hall–Kier alpha value is -2.48. The van der Waals surface area contributed by atoms with E-state index in [9.17, 15) is 19.7 Å². The number of amides is 2. The lowest BCUT2D eigenvalue weighted by atomic mass is 10.1. The summed E-state index contributed by atoms with van der Waals surface area (Å²) >= 11 is 0. The van der Waals surface area contributed by atoms with Gasteiger partial charge in [-0.05, 0) is 26.3 Å². The fourth-order valence-electron chi connectivity index (χ4n) is 2.18. The maximum atomic E-state index is 12.2. The highest BCUT2D eigenvalue weighted by atomic mass is 16.6. The molecule has 1 atom stereocenters. The van der Waals surface area contributed by atoms with Gasteiger partial charge >= 0.3 is 0 Å². The highest BCUT2D eigenvalue weighted by Gasteiger charge is 2.21. The van der Waals surface area contributed by atoms with Crippen molar-refractivity contribution in [1.82, 2.24) is 5.32 Å². The molecule has 8 nitrogen and oxygen atoms in total. The third kappa shape index (κ3) is 5.67. The Morgan fingerprint density at radius 2 is 1.87 bits per heavy atom. The number of likely N-dealkylation sites (N-methyl/N-ethyl adjacent to an activating group) is 2. The molecule has 0 radical (unpaired) electrons. The lowest BCUT2D eigenvalue weighted by Crippen LogP contribution is -3.14. The second kappa shape index (κ2) is 8.84. The summed E-state index contributed by atoms with van der Waals surface area (Å²) in [4.78, 5) is 35.1. The fraction of sp³-hybridized carbons (Fsp3) is 0.467. The summed E-state index contributed by atoms with van der Waals surface area (Å²) in [5.74, 6) is -0.484. The Morgan fingerprint density at radius 3 is 2.43 bits per heavy atom. The Kier molecular flexibility index (Phi) is 7.14. The van der Waals surface area contributed by atoms with Gasteiger partial charge in [-0.15, -0.1) is 0 Å². The number of quaternary nitrogens is 1. The molecule has 0 spiro atoms. The van der Waals surface area contributed by atoms with E-state index in [0.29, 0.717) is 18.7 Å². The first kappa shape index (κ1) is 18.6. The van der Waals surface area contributed by atoms with Crippen LogP contribution in [0.15, 0.2) is 18.2 Å². The minimum atomic E-state index is -0.526. The predicted molar refractivity (Wildman–Crippen MR) is 86.4 cm³/mol. The molecule has 0 aliphatic heterocycles. The highest BCUT2D eigenvalue weighted by Crippen LogP contribution is 2.27. The van der Waals surface area contributed by atoms with Crippen LogP contribution in [0.25, 0.3) is 0 Å². The van der Waals surface area contributed by atoms with Gasteiger partial charge in [0.25, 0.3) is 17.5 Å². The molecule has 2 amide bonds. The van der Waals surface area contributed by atoms with Gasteiger partial charge in [0.1, 0.15) is 5.69 Å². The van der Waals surface area contributed by atoms with E-state index in [-0.39, 0.29) is 36.3 Å². The zero-order valence-electron chi connectivity index (χ0n) is 13.6. The van der Waals surface area contributed by atoms with Gasteiger partial charge in [0.2, 0.25) is 0 Å². The number of rotatable bonds is 8. The quantitative estimate of drug-likeness (QED) is 0.458. The van der Waals surface area contributed by atoms with Crippen LogP contribution < -0.4 is 15.5 Å². The number of anilines is 1. The third-order valence-corrected chi connectivity index (χ3v) is 3.41. The average Bonchev–Trinajstić information content (AvgIpc) is 2.48. The number of para-hydroxylation sites is 1. The molecule has 0 saturated heterocycles. The molecule has 0 saturated carbocycles. The number of hydrogen-bond donors (Lipinski definition) is 3. The van der Waals surface area contributed by atoms with Gasteiger partial charge in [0.05, 0.1) is 11.5 Å². The van der Waals surface area contributed by atoms with Crippen LogP contribution in [0.2, 0.25) is 0 Å². The van der Waals surface area contributed by atoms with Crippen molar-refractivity contribution >= 4 is 23.2 Å². The van der Waals surface area contributed by atoms with Crippen molar-refractivity contribution in [2.75, 3.05) is 31.5 Å². The number of nitro groups is 1. The standard InChI is InChI=1S/C15H22N4O4/c1-4-16-13(20)9-18(5-2)10-14(21)17-15-11(3)7-6-8-12(15)19(22)23/h6-8H,4-5,9-10H2,1-3H3,(H,16,20)(H,17,21)/p+1. The molecule has 23 heavy (non-hydrogen) atoms. The molecular weight excluding hydrogens is 300 g/mol. The normalized spacial score (nSPS) is 11.6. The van der Waals surface area contributed by atoms with Crippen molar-refractivity contribution < 1.29 is 19.4 Å². The van der Waals surface area contributed by atoms with Crippen molar-refractivity contribution in [3.63, 3.8) is 0 Å². The Morgan fingerprint density at radius 1 is 1.22 bits per heavy atom. The first-order valence-electron chi connectivity index (χ1n) is 7.53. The zero-order valence-corrected chi connectivity index (χ0v) is 13.6. The van der Waals surface area contributed by atoms with E-state index in [2.05, 4.69) is 10.6 Å². The Bertz CT molecular complexity index is 589. The molecule has 0 bridgehead atoms. The predicted octanol–water partition coefficient (Wildman–Crippen LogP) is -0.117. The van der Waals surface area contributed by atoms with Gasteiger partial charge in [-0.1, -0.05) is 12.1 Å². The van der Waals surface area contributed by atoms with Crippen molar-refractivity contribution in [3.8, 4) is 0 Å². The number of carbonyl (C=O) groups is 2. The van der Waals surface area contributed by atoms with E-state index >= 15 is 0 Å². The number of benzene rings is 1. The first-order chi connectivity index (χ1) is 10.9. The van der Waals surface area contributed by atoms with E-state index in [1.807, 2.05) is 13.8 Å². The van der Waals surface area contributed by atoms with Crippen molar-refractivity contribution in [3.05, 3.63) is 33.9 Å². The molecule has 0 aromatic heterocycles. The molecule has 0 aliphatic rings. The van der Waals surface area contributed by atoms with Crippen molar-refractivity contribution in [2.24, 2.45) is 0 Å². The van der Waals surface area contributed by atoms with E-state index in [4.69, 9.17) is 0 Å². The van der Waals surface area contributed by atoms with Gasteiger partial charge in [0, 0.05) is 12.6 Å². The van der Waals surface area contributed by atoms with E-state index < -0.39 is 4.92 Å². The summed E-state index contributed by atoms with van der Waals surface area (Å²) in [6, 6.07) is 4.62. The fourth-order valence-corrected chi connectivity index (χ4v) is 2.18. The highest BCUT2D eigenvalue weighted by molar-refractivity contribution is 5.94. The summed E-state index contributed by atoms with van der Waals surface area (Å²) in [6.45, 7) is 6.79. The van der Waals surface area contributed by atoms with Crippen molar-refractivity contribution in [1.29, 1.82) is 0 Å². The summed E-state index contributed by atoms with van der Waals surface area (Å²) < 4.78 is 0. The van der Waals surface area contributed by atoms with Crippen LogP contribution >= 0.6 is 0 Å². The smallest absolute Gasteiger partial charge is 0.293 e. The maximum Gasteiger partial charge on any atom is 0.293 e. The molecule has 1 unspecified atom stereocenters. The second-order valence-corrected chi connectivity index (χ2v) is 5.18. The maximum absolute atomic E-state index is 12.2. The van der Waals surface area contributed by atoms with Gasteiger partial charge in [-0.3, -0.25) is 19.7 Å². The number of nitrogens with zero attached hydrogens (tertiary/aromatic N) is 1. The number of aryl methyl sites for hydroxylation is 1. The Balaban J connectivity index is 2.76. The minimum Gasteiger partial charge on any atom is -0.351 e. The van der Waals surface area contributed by atoms with Crippen LogP contribution in [0.5, 0.6) is 0 Å². The molecule has 126 valence electrons. The van der Waals surface area contributed by atoms with Crippen molar-refractivity contribution in [2.45, 2.75) is 20.8 Å². The summed E-state index contributed by atoms with van der Waals surface area (Å²) in [6.07, 6.45) is 0. The number of nitro benzene ring substituents is 1. The largest absolute Gasteiger partial charge is 0.351 e. The van der Waals surface area contributed by atoms with Gasteiger partial charge in [-0.2, -0.15) is 0 Å². The molecule has 0 aliphatic carbocycles. The molecule has 0 heterocycles. The minimum absolute atomic E-state index is 0.0686. The molecule has 1 aromatic carbocycles. The molecule has 0 fully saturated rings. The van der Waals surface area contributed by atoms with Crippen LogP contribution in [-0.2, 0) is 9.59 Å². The van der Waals surface area contributed by atoms with Crippen LogP contribution in [0, 0.1) is 17.0 Å². The van der Waals surface area contributed by atoms with E-state index in [1.54, 1.807) is 19.1 Å². The molecule has 1 rings (SSSR count). The van der Waals surface area contributed by atoms with Crippen LogP contribution in [0.3, 0.4) is 0 Å². The average molecular weight is 323 g/mol. The lowest BCUT2D eigenvalue weighted by molar-refractivity contribution is -0.881. The zero-order chi connectivity index (χ0) is 17.4. The summed E-state index contributed by atoms with van der Waals surface area (Å²) in [5.41, 5.74) is 0.686. The summed E-state index contributed by atoms with van der Waals surface area (Å²) in [7, 11) is 0. The molecule has 8 heteroatoms. The SMILES string of the molecule is CCNC(=O)C[NH+](CC)CC(=O)Nc1c(C)cccc1[N+](=O)[O-]. The lowest BCUT2D eigenvalue weighted by Gasteiger charge is -2.17. The Labute approximate surface area is 135 Å². The molecular formula is C15H23N4O4+.